The Labute approximate surface area is 122 Å². The molecule has 0 aromatic carbocycles. The molecule has 0 bridgehead atoms. The highest BCUT2D eigenvalue weighted by molar-refractivity contribution is 5.27. The Morgan fingerprint density at radius 2 is 2.30 bits per heavy atom. The molecule has 2 heterocycles. The van der Waals surface area contributed by atoms with E-state index in [0.717, 1.165) is 43.8 Å². The third kappa shape index (κ3) is 3.90. The smallest absolute Gasteiger partial charge is 0.225 e. The predicted octanol–water partition coefficient (Wildman–Crippen LogP) is 1.96. The van der Waals surface area contributed by atoms with Gasteiger partial charge in [-0.2, -0.15) is 0 Å². The Morgan fingerprint density at radius 1 is 1.50 bits per heavy atom. The zero-order valence-electron chi connectivity index (χ0n) is 13.0. The maximum atomic E-state index is 5.89. The molecule has 20 heavy (non-hydrogen) atoms. The number of ether oxygens (including phenoxy) is 1. The Kier molecular flexibility index (Phi) is 5.31. The molecule has 1 aromatic heterocycles. The fourth-order valence-corrected chi connectivity index (χ4v) is 2.37. The number of rotatable bonds is 5. The van der Waals surface area contributed by atoms with Gasteiger partial charge in [0.05, 0.1) is 12.3 Å². The van der Waals surface area contributed by atoms with Crippen LogP contribution in [-0.4, -0.2) is 55.2 Å². The van der Waals surface area contributed by atoms with Crippen molar-refractivity contribution in [3.63, 3.8) is 0 Å². The molecular formula is C15H26N4O. The summed E-state index contributed by atoms with van der Waals surface area (Å²) in [6.07, 6.45) is 3.10. The third-order valence-electron chi connectivity index (χ3n) is 3.81. The van der Waals surface area contributed by atoms with E-state index in [1.165, 1.54) is 6.42 Å². The first-order valence-electron chi connectivity index (χ1n) is 7.44. The molecule has 0 amide bonds. The Bertz CT molecular complexity index is 424. The normalized spacial score (nSPS) is 21.7. The van der Waals surface area contributed by atoms with E-state index < -0.39 is 0 Å². The van der Waals surface area contributed by atoms with E-state index in [0.29, 0.717) is 0 Å². The second-order valence-corrected chi connectivity index (χ2v) is 5.81. The van der Waals surface area contributed by atoms with Crippen molar-refractivity contribution >= 4 is 5.95 Å². The lowest BCUT2D eigenvalue weighted by molar-refractivity contribution is -0.0360. The summed E-state index contributed by atoms with van der Waals surface area (Å²) in [4.78, 5) is 13.3. The molecule has 0 aliphatic carbocycles. The van der Waals surface area contributed by atoms with Crippen LogP contribution in [0.4, 0.5) is 5.95 Å². The first-order valence-corrected chi connectivity index (χ1v) is 7.44. The van der Waals surface area contributed by atoms with Crippen LogP contribution in [-0.2, 0) is 4.74 Å². The average Bonchev–Trinajstić information content (AvgIpc) is 2.47. The van der Waals surface area contributed by atoms with Crippen molar-refractivity contribution in [3.05, 3.63) is 18.0 Å². The van der Waals surface area contributed by atoms with Gasteiger partial charge in [-0.05, 0) is 12.0 Å². The molecule has 1 aliphatic rings. The van der Waals surface area contributed by atoms with Crippen molar-refractivity contribution in [1.82, 2.24) is 14.9 Å². The quantitative estimate of drug-likeness (QED) is 0.823. The SMILES string of the molecule is CCC(C)CN1CCOC(c2ccnc(N(C)C)n2)C1. The first-order chi connectivity index (χ1) is 9.60. The molecule has 1 aliphatic heterocycles. The third-order valence-corrected chi connectivity index (χ3v) is 3.81. The van der Waals surface area contributed by atoms with Crippen LogP contribution in [0.1, 0.15) is 32.1 Å². The van der Waals surface area contributed by atoms with E-state index in [1.807, 2.05) is 31.3 Å². The number of hydrogen-bond donors (Lipinski definition) is 0. The van der Waals surface area contributed by atoms with Gasteiger partial charge in [-0.25, -0.2) is 9.97 Å². The summed E-state index contributed by atoms with van der Waals surface area (Å²) in [5.41, 5.74) is 0.984. The van der Waals surface area contributed by atoms with Crippen LogP contribution < -0.4 is 4.90 Å². The van der Waals surface area contributed by atoms with Gasteiger partial charge in [0.15, 0.2) is 0 Å². The number of aromatic nitrogens is 2. The summed E-state index contributed by atoms with van der Waals surface area (Å²) in [6.45, 7) is 8.42. The molecule has 1 aromatic rings. The lowest BCUT2D eigenvalue weighted by Gasteiger charge is -2.34. The number of anilines is 1. The minimum atomic E-state index is 0.0644. The molecule has 0 radical (unpaired) electrons. The highest BCUT2D eigenvalue weighted by Gasteiger charge is 2.24. The van der Waals surface area contributed by atoms with Crippen LogP contribution >= 0.6 is 0 Å². The molecule has 0 saturated carbocycles. The highest BCUT2D eigenvalue weighted by Crippen LogP contribution is 2.22. The van der Waals surface area contributed by atoms with E-state index in [9.17, 15) is 0 Å². The van der Waals surface area contributed by atoms with Crippen molar-refractivity contribution in [1.29, 1.82) is 0 Å². The molecule has 1 saturated heterocycles. The van der Waals surface area contributed by atoms with Crippen molar-refractivity contribution in [2.24, 2.45) is 5.92 Å². The number of morpholine rings is 1. The van der Waals surface area contributed by atoms with Gasteiger partial charge < -0.3 is 9.64 Å². The van der Waals surface area contributed by atoms with E-state index in [4.69, 9.17) is 4.74 Å². The van der Waals surface area contributed by atoms with Gasteiger partial charge in [-0.3, -0.25) is 4.90 Å². The molecule has 2 rings (SSSR count). The van der Waals surface area contributed by atoms with Crippen molar-refractivity contribution in [2.45, 2.75) is 26.4 Å². The minimum Gasteiger partial charge on any atom is -0.369 e. The van der Waals surface area contributed by atoms with Gasteiger partial charge in [0.25, 0.3) is 0 Å². The molecule has 112 valence electrons. The van der Waals surface area contributed by atoms with Crippen LogP contribution in [0.3, 0.4) is 0 Å². The lowest BCUT2D eigenvalue weighted by atomic mass is 10.1. The Hall–Kier alpha value is -1.20. The molecule has 1 fully saturated rings. The molecule has 5 heteroatoms. The van der Waals surface area contributed by atoms with Gasteiger partial charge in [0.2, 0.25) is 5.95 Å². The summed E-state index contributed by atoms with van der Waals surface area (Å²) in [5.74, 6) is 1.47. The summed E-state index contributed by atoms with van der Waals surface area (Å²) in [7, 11) is 3.91. The Balaban J connectivity index is 2.03. The van der Waals surface area contributed by atoms with E-state index in [2.05, 4.69) is 28.7 Å². The lowest BCUT2D eigenvalue weighted by Crippen LogP contribution is -2.40. The van der Waals surface area contributed by atoms with Gasteiger partial charge >= 0.3 is 0 Å². The second-order valence-electron chi connectivity index (χ2n) is 5.81. The van der Waals surface area contributed by atoms with Gasteiger partial charge in [0, 0.05) is 39.9 Å². The zero-order valence-corrected chi connectivity index (χ0v) is 13.0. The van der Waals surface area contributed by atoms with Crippen LogP contribution in [0.2, 0.25) is 0 Å². The summed E-state index contributed by atoms with van der Waals surface area (Å²) >= 11 is 0. The minimum absolute atomic E-state index is 0.0644. The standard InChI is InChI=1S/C15H26N4O/c1-5-12(2)10-19-8-9-20-14(11-19)13-6-7-16-15(17-13)18(3)4/h6-7,12,14H,5,8-11H2,1-4H3. The largest absolute Gasteiger partial charge is 0.369 e. The average molecular weight is 278 g/mol. The predicted molar refractivity (Wildman–Crippen MR) is 80.9 cm³/mol. The summed E-state index contributed by atoms with van der Waals surface area (Å²) in [6, 6.07) is 1.96. The monoisotopic (exact) mass is 278 g/mol. The van der Waals surface area contributed by atoms with Crippen molar-refractivity contribution in [3.8, 4) is 0 Å². The van der Waals surface area contributed by atoms with E-state index in [-0.39, 0.29) is 6.10 Å². The molecule has 0 N–H and O–H groups in total. The number of hydrogen-bond acceptors (Lipinski definition) is 5. The maximum absolute atomic E-state index is 5.89. The van der Waals surface area contributed by atoms with Crippen LogP contribution in [0.15, 0.2) is 12.3 Å². The van der Waals surface area contributed by atoms with E-state index in [1.54, 1.807) is 0 Å². The molecule has 2 atom stereocenters. The molecule has 5 nitrogen and oxygen atoms in total. The van der Waals surface area contributed by atoms with Gasteiger partial charge in [-0.15, -0.1) is 0 Å². The zero-order chi connectivity index (χ0) is 14.5. The fraction of sp³-hybridized carbons (Fsp3) is 0.733. The highest BCUT2D eigenvalue weighted by atomic mass is 16.5. The summed E-state index contributed by atoms with van der Waals surface area (Å²) in [5, 5.41) is 0. The van der Waals surface area contributed by atoms with Crippen LogP contribution in [0, 0.1) is 5.92 Å². The molecule has 0 spiro atoms. The van der Waals surface area contributed by atoms with Crippen molar-refractivity contribution < 1.29 is 4.74 Å². The maximum Gasteiger partial charge on any atom is 0.225 e. The topological polar surface area (TPSA) is 41.5 Å². The van der Waals surface area contributed by atoms with Gasteiger partial charge in [-0.1, -0.05) is 20.3 Å². The first kappa shape index (κ1) is 15.2. The van der Waals surface area contributed by atoms with E-state index >= 15 is 0 Å². The summed E-state index contributed by atoms with van der Waals surface area (Å²) < 4.78 is 5.89. The van der Waals surface area contributed by atoms with Gasteiger partial charge in [0.1, 0.15) is 6.10 Å². The van der Waals surface area contributed by atoms with Crippen molar-refractivity contribution in [2.75, 3.05) is 45.2 Å². The Morgan fingerprint density at radius 3 is 3.00 bits per heavy atom. The fourth-order valence-electron chi connectivity index (χ4n) is 2.37. The molecule has 2 unspecified atom stereocenters. The molecular weight excluding hydrogens is 252 g/mol. The van der Waals surface area contributed by atoms with Crippen LogP contribution in [0.25, 0.3) is 0 Å². The second kappa shape index (κ2) is 6.99. The number of nitrogens with zero attached hydrogens (tertiary/aromatic N) is 4. The van der Waals surface area contributed by atoms with Crippen LogP contribution in [0.5, 0.6) is 0 Å².